The van der Waals surface area contributed by atoms with E-state index in [0.717, 1.165) is 12.1 Å². The Morgan fingerprint density at radius 2 is 1.81 bits per heavy atom. The molecule has 0 aliphatic heterocycles. The van der Waals surface area contributed by atoms with E-state index in [1.54, 1.807) is 37.5 Å². The van der Waals surface area contributed by atoms with E-state index in [0.29, 0.717) is 27.8 Å². The van der Waals surface area contributed by atoms with Crippen molar-refractivity contribution in [3.05, 3.63) is 76.9 Å². The van der Waals surface area contributed by atoms with E-state index in [-0.39, 0.29) is 22.5 Å². The molecule has 0 aliphatic carbocycles. The van der Waals surface area contributed by atoms with Gasteiger partial charge in [-0.15, -0.1) is 0 Å². The predicted molar refractivity (Wildman–Crippen MR) is 115 cm³/mol. The van der Waals surface area contributed by atoms with E-state index < -0.39 is 22.6 Å². The number of rotatable bonds is 5. The highest BCUT2D eigenvalue weighted by Crippen LogP contribution is 2.39. The van der Waals surface area contributed by atoms with Crippen LogP contribution in [-0.2, 0) is 18.0 Å². The minimum absolute atomic E-state index is 0. The van der Waals surface area contributed by atoms with Crippen LogP contribution in [0.1, 0.15) is 0 Å². The number of halogens is 2. The number of anilines is 1. The second kappa shape index (κ2) is 8.70. The third-order valence-electron chi connectivity index (χ3n) is 4.43. The zero-order valence-electron chi connectivity index (χ0n) is 16.4. The molecule has 0 saturated carbocycles. The average Bonchev–Trinajstić information content (AvgIpc) is 3.18. The maximum atomic E-state index is 14.2. The molecule has 2 aromatic heterocycles. The zero-order valence-corrected chi connectivity index (χ0v) is 17.3. The lowest BCUT2D eigenvalue weighted by atomic mass is 10.0. The van der Waals surface area contributed by atoms with Crippen LogP contribution in [0.5, 0.6) is 11.5 Å². The third kappa shape index (κ3) is 4.35. The van der Waals surface area contributed by atoms with Crippen molar-refractivity contribution in [3.63, 3.8) is 0 Å². The molecule has 0 radical (unpaired) electrons. The Kier molecular flexibility index (Phi) is 6.23. The number of pyridine rings is 1. The highest BCUT2D eigenvalue weighted by atomic mass is 32.2. The fourth-order valence-electron chi connectivity index (χ4n) is 3.11. The standard InChI is InChI=1S/C21H16F2N2O4S.H2O/c1-25-11-16(20-14(21(25)26)7-8-28-20)15-10-13(24-30(2)27)4-6-18(15)29-19-5-3-12(22)9-17(19)23;/h3-11,24H,1-2H3;1H2. The Balaban J connectivity index is 0.00000272. The summed E-state index contributed by atoms with van der Waals surface area (Å²) in [6.45, 7) is 0. The molecule has 0 fully saturated rings. The van der Waals surface area contributed by atoms with E-state index in [2.05, 4.69) is 4.72 Å². The molecule has 2 heterocycles. The summed E-state index contributed by atoms with van der Waals surface area (Å²) in [5, 5.41) is 0.367. The molecule has 0 amide bonds. The number of aryl methyl sites for hydroxylation is 1. The summed E-state index contributed by atoms with van der Waals surface area (Å²) in [5.41, 5.74) is 1.59. The number of benzene rings is 2. The van der Waals surface area contributed by atoms with Gasteiger partial charge in [0.1, 0.15) is 28.1 Å². The van der Waals surface area contributed by atoms with Crippen molar-refractivity contribution >= 4 is 27.6 Å². The lowest BCUT2D eigenvalue weighted by Gasteiger charge is -2.15. The largest absolute Gasteiger partial charge is 0.463 e. The SMILES string of the molecule is Cn1cc(-c2cc(NS(C)=O)ccc2Oc2ccc(F)cc2F)c2occc2c1=O.O. The van der Waals surface area contributed by atoms with Crippen LogP contribution in [0.2, 0.25) is 0 Å². The second-order valence-corrected chi connectivity index (χ2v) is 7.68. The first-order valence-corrected chi connectivity index (χ1v) is 10.3. The van der Waals surface area contributed by atoms with Crippen LogP contribution in [0, 0.1) is 11.6 Å². The summed E-state index contributed by atoms with van der Waals surface area (Å²) >= 11 is 0. The van der Waals surface area contributed by atoms with Gasteiger partial charge >= 0.3 is 0 Å². The molecular weight excluding hydrogens is 430 g/mol. The van der Waals surface area contributed by atoms with Crippen LogP contribution < -0.4 is 15.0 Å². The number of fused-ring (bicyclic) bond motifs is 1. The first-order chi connectivity index (χ1) is 14.3. The van der Waals surface area contributed by atoms with E-state index in [4.69, 9.17) is 9.15 Å². The first-order valence-electron chi connectivity index (χ1n) is 8.77. The molecule has 1 unspecified atom stereocenters. The van der Waals surface area contributed by atoms with Crippen LogP contribution >= 0.6 is 0 Å². The monoisotopic (exact) mass is 448 g/mol. The summed E-state index contributed by atoms with van der Waals surface area (Å²) < 4.78 is 54.5. The lowest BCUT2D eigenvalue weighted by molar-refractivity contribution is 0.439. The van der Waals surface area contributed by atoms with E-state index in [9.17, 15) is 17.8 Å². The van der Waals surface area contributed by atoms with Crippen LogP contribution in [0.25, 0.3) is 22.1 Å². The van der Waals surface area contributed by atoms with Crippen molar-refractivity contribution in [1.82, 2.24) is 4.57 Å². The fourth-order valence-corrected chi connectivity index (χ4v) is 3.57. The van der Waals surface area contributed by atoms with Crippen LogP contribution in [0.4, 0.5) is 14.5 Å². The molecule has 1 atom stereocenters. The van der Waals surface area contributed by atoms with Crippen molar-refractivity contribution in [2.24, 2.45) is 7.05 Å². The molecule has 3 N–H and O–H groups in total. The maximum Gasteiger partial charge on any atom is 0.261 e. The van der Waals surface area contributed by atoms with Gasteiger partial charge in [0, 0.05) is 42.4 Å². The molecule has 162 valence electrons. The highest BCUT2D eigenvalue weighted by Gasteiger charge is 2.18. The van der Waals surface area contributed by atoms with Gasteiger partial charge in [-0.25, -0.2) is 13.0 Å². The summed E-state index contributed by atoms with van der Waals surface area (Å²) in [7, 11) is 0.268. The molecule has 0 bridgehead atoms. The minimum atomic E-state index is -1.33. The Labute approximate surface area is 177 Å². The molecule has 0 spiro atoms. The minimum Gasteiger partial charge on any atom is -0.463 e. The summed E-state index contributed by atoms with van der Waals surface area (Å²) in [6.07, 6.45) is 4.46. The maximum absolute atomic E-state index is 14.2. The van der Waals surface area contributed by atoms with Gasteiger partial charge in [-0.2, -0.15) is 0 Å². The topological polar surface area (TPSA) is 105 Å². The Bertz CT molecular complexity index is 1350. The molecule has 10 heteroatoms. The molecule has 31 heavy (non-hydrogen) atoms. The zero-order chi connectivity index (χ0) is 21.4. The second-order valence-electron chi connectivity index (χ2n) is 6.57. The smallest absolute Gasteiger partial charge is 0.261 e. The molecule has 7 nitrogen and oxygen atoms in total. The Morgan fingerprint density at radius 1 is 1.06 bits per heavy atom. The van der Waals surface area contributed by atoms with E-state index in [1.807, 2.05) is 0 Å². The first kappa shape index (κ1) is 22.2. The highest BCUT2D eigenvalue weighted by molar-refractivity contribution is 7.85. The number of furan rings is 1. The van der Waals surface area contributed by atoms with Crippen LogP contribution in [-0.4, -0.2) is 20.5 Å². The Morgan fingerprint density at radius 3 is 2.52 bits per heavy atom. The van der Waals surface area contributed by atoms with Gasteiger partial charge in [0.2, 0.25) is 0 Å². The number of nitrogens with one attached hydrogen (secondary N) is 1. The van der Waals surface area contributed by atoms with Crippen LogP contribution in [0.15, 0.2) is 64.1 Å². The summed E-state index contributed by atoms with van der Waals surface area (Å²) in [6, 6.07) is 9.39. The molecule has 2 aromatic carbocycles. The van der Waals surface area contributed by atoms with Crippen molar-refractivity contribution in [2.75, 3.05) is 11.0 Å². The van der Waals surface area contributed by atoms with Gasteiger partial charge in [0.05, 0.1) is 11.6 Å². The van der Waals surface area contributed by atoms with Crippen molar-refractivity contribution in [2.45, 2.75) is 0 Å². The van der Waals surface area contributed by atoms with Gasteiger partial charge in [-0.1, -0.05) is 0 Å². The summed E-state index contributed by atoms with van der Waals surface area (Å²) in [4.78, 5) is 12.4. The van der Waals surface area contributed by atoms with Crippen molar-refractivity contribution in [3.8, 4) is 22.6 Å². The number of ether oxygens (including phenoxy) is 1. The number of hydrogen-bond acceptors (Lipinski definition) is 4. The van der Waals surface area contributed by atoms with E-state index in [1.165, 1.54) is 23.2 Å². The van der Waals surface area contributed by atoms with Gasteiger partial charge in [0.15, 0.2) is 11.6 Å². The molecular formula is C21H18F2N2O5S. The number of nitrogens with zero attached hydrogens (tertiary/aromatic N) is 1. The predicted octanol–water partition coefficient (Wildman–Crippen LogP) is 3.75. The van der Waals surface area contributed by atoms with Gasteiger partial charge < -0.3 is 23.9 Å². The quantitative estimate of drug-likeness (QED) is 0.502. The fraction of sp³-hybridized carbons (Fsp3) is 0.0952. The van der Waals surface area contributed by atoms with Gasteiger partial charge in [-0.3, -0.25) is 4.79 Å². The molecule has 4 rings (SSSR count). The van der Waals surface area contributed by atoms with Gasteiger partial charge in [0.25, 0.3) is 5.56 Å². The van der Waals surface area contributed by atoms with E-state index >= 15 is 0 Å². The molecule has 0 saturated heterocycles. The summed E-state index contributed by atoms with van der Waals surface area (Å²) in [5.74, 6) is -1.51. The number of aromatic nitrogens is 1. The normalized spacial score (nSPS) is 11.7. The van der Waals surface area contributed by atoms with Crippen molar-refractivity contribution < 1.29 is 27.6 Å². The lowest BCUT2D eigenvalue weighted by Crippen LogP contribution is -2.15. The van der Waals surface area contributed by atoms with Gasteiger partial charge in [-0.05, 0) is 36.4 Å². The molecule has 0 aliphatic rings. The van der Waals surface area contributed by atoms with Crippen LogP contribution in [0.3, 0.4) is 0 Å². The third-order valence-corrected chi connectivity index (χ3v) is 4.95. The molecule has 4 aromatic rings. The average molecular weight is 448 g/mol. The Hall–Kier alpha value is -3.50. The number of hydrogen-bond donors (Lipinski definition) is 1. The van der Waals surface area contributed by atoms with Crippen molar-refractivity contribution in [1.29, 1.82) is 0 Å².